The third-order valence-electron chi connectivity index (χ3n) is 8.74. The standard InChI is InChI=1S/C37H74N4O2.ClH/c1-3-5-7-9-11-13-15-16-17-18-19-20-22-24-26-30-35(42)33-34(29-28-32-41-37(38)39)36(43)40-31-27-25-23-21-14-12-10-8-6-4-2;/h34H,3-33H2,1-2H3,(H,40,43)(H4,38,39,41);1H/t34-;/m0./s1. The molecule has 0 heterocycles. The van der Waals surface area contributed by atoms with Gasteiger partial charge in [-0.25, -0.2) is 0 Å². The van der Waals surface area contributed by atoms with E-state index in [4.69, 9.17) is 11.5 Å². The van der Waals surface area contributed by atoms with Gasteiger partial charge >= 0.3 is 0 Å². The summed E-state index contributed by atoms with van der Waals surface area (Å²) in [5.41, 5.74) is 10.9. The summed E-state index contributed by atoms with van der Waals surface area (Å²) in [4.78, 5) is 29.7. The number of Topliss-reactive ketones (excluding diaryl/α,β-unsaturated/α-hetero) is 1. The normalized spacial score (nSPS) is 11.6. The lowest BCUT2D eigenvalue weighted by molar-refractivity contribution is -0.129. The molecule has 0 aliphatic rings. The monoisotopic (exact) mass is 643 g/mol. The largest absolute Gasteiger partial charge is 0.370 e. The number of halogens is 1. The summed E-state index contributed by atoms with van der Waals surface area (Å²) in [6.45, 7) is 5.73. The van der Waals surface area contributed by atoms with Crippen molar-refractivity contribution in [2.45, 2.75) is 200 Å². The highest BCUT2D eigenvalue weighted by atomic mass is 35.5. The average Bonchev–Trinajstić information content (AvgIpc) is 2.99. The fourth-order valence-electron chi connectivity index (χ4n) is 5.91. The fourth-order valence-corrected chi connectivity index (χ4v) is 5.91. The smallest absolute Gasteiger partial charge is 0.223 e. The van der Waals surface area contributed by atoms with E-state index in [1.165, 1.54) is 135 Å². The van der Waals surface area contributed by atoms with Gasteiger partial charge in [0, 0.05) is 31.8 Å². The van der Waals surface area contributed by atoms with Gasteiger partial charge in [0.25, 0.3) is 0 Å². The molecule has 0 saturated heterocycles. The summed E-state index contributed by atoms with van der Waals surface area (Å²) in [5.74, 6) is 0.0356. The molecule has 0 rings (SSSR count). The van der Waals surface area contributed by atoms with E-state index < -0.39 is 0 Å². The van der Waals surface area contributed by atoms with Crippen LogP contribution in [0.15, 0.2) is 4.99 Å². The Morgan fingerprint density at radius 3 is 1.36 bits per heavy atom. The molecule has 0 aliphatic heterocycles. The van der Waals surface area contributed by atoms with Gasteiger partial charge in [-0.05, 0) is 25.7 Å². The van der Waals surface area contributed by atoms with Crippen LogP contribution in [0.3, 0.4) is 0 Å². The lowest BCUT2D eigenvalue weighted by Gasteiger charge is -2.16. The summed E-state index contributed by atoms with van der Waals surface area (Å²) in [6, 6.07) is 0. The summed E-state index contributed by atoms with van der Waals surface area (Å²) in [5, 5.41) is 3.11. The second-order valence-corrected chi connectivity index (χ2v) is 13.1. The van der Waals surface area contributed by atoms with Crippen molar-refractivity contribution in [1.29, 1.82) is 0 Å². The van der Waals surface area contributed by atoms with Crippen LogP contribution in [-0.4, -0.2) is 30.7 Å². The highest BCUT2D eigenvalue weighted by molar-refractivity contribution is 5.86. The molecule has 1 atom stereocenters. The Labute approximate surface area is 279 Å². The van der Waals surface area contributed by atoms with Gasteiger partial charge < -0.3 is 16.8 Å². The van der Waals surface area contributed by atoms with E-state index in [0.29, 0.717) is 38.8 Å². The molecule has 1 amide bonds. The number of unbranched alkanes of at least 4 members (excludes halogenated alkanes) is 23. The zero-order chi connectivity index (χ0) is 31.6. The predicted octanol–water partition coefficient (Wildman–Crippen LogP) is 10.3. The number of nitrogens with zero attached hydrogens (tertiary/aromatic N) is 1. The van der Waals surface area contributed by atoms with Gasteiger partial charge in [-0.2, -0.15) is 0 Å². The van der Waals surface area contributed by atoms with E-state index in [-0.39, 0.29) is 36.0 Å². The first-order chi connectivity index (χ1) is 21.0. The fraction of sp³-hybridized carbons (Fsp3) is 0.919. The van der Waals surface area contributed by atoms with Gasteiger partial charge in [0.2, 0.25) is 5.91 Å². The Balaban J connectivity index is 0. The molecule has 0 radical (unpaired) electrons. The number of carbonyl (C=O) groups excluding carboxylic acids is 2. The first-order valence-corrected chi connectivity index (χ1v) is 18.9. The van der Waals surface area contributed by atoms with Crippen LogP contribution in [0.1, 0.15) is 200 Å². The van der Waals surface area contributed by atoms with E-state index in [0.717, 1.165) is 25.7 Å². The van der Waals surface area contributed by atoms with Crippen molar-refractivity contribution in [3.63, 3.8) is 0 Å². The minimum absolute atomic E-state index is 0. The van der Waals surface area contributed by atoms with Crippen molar-refractivity contribution in [3.05, 3.63) is 0 Å². The predicted molar refractivity (Wildman–Crippen MR) is 195 cm³/mol. The number of ketones is 1. The van der Waals surface area contributed by atoms with Crippen LogP contribution in [0.5, 0.6) is 0 Å². The average molecular weight is 643 g/mol. The van der Waals surface area contributed by atoms with Gasteiger partial charge in [0.1, 0.15) is 5.78 Å². The van der Waals surface area contributed by atoms with Crippen molar-refractivity contribution in [3.8, 4) is 0 Å². The minimum atomic E-state index is -0.277. The molecule has 0 aromatic heterocycles. The van der Waals surface area contributed by atoms with Crippen LogP contribution < -0.4 is 16.8 Å². The number of hydrogen-bond donors (Lipinski definition) is 3. The van der Waals surface area contributed by atoms with Crippen LogP contribution in [0.2, 0.25) is 0 Å². The zero-order valence-corrected chi connectivity index (χ0v) is 30.1. The van der Waals surface area contributed by atoms with Crippen LogP contribution in [-0.2, 0) is 9.59 Å². The SMILES string of the molecule is CCCCCCCCCCCCCCCCCC(=O)C[C@H](CCCN=C(N)N)C(=O)NCCCCCCCCCCCC.Cl. The zero-order valence-electron chi connectivity index (χ0n) is 29.3. The number of nitrogens with one attached hydrogen (secondary N) is 1. The summed E-state index contributed by atoms with van der Waals surface area (Å²) >= 11 is 0. The molecule has 0 aromatic carbocycles. The first kappa shape index (κ1) is 44.8. The van der Waals surface area contributed by atoms with Crippen LogP contribution in [0, 0.1) is 5.92 Å². The highest BCUT2D eigenvalue weighted by Gasteiger charge is 2.21. The Kier molecular flexibility index (Phi) is 36.8. The minimum Gasteiger partial charge on any atom is -0.370 e. The number of amides is 1. The van der Waals surface area contributed by atoms with Crippen LogP contribution in [0.4, 0.5) is 0 Å². The molecule has 0 fully saturated rings. The summed E-state index contributed by atoms with van der Waals surface area (Å²) in [7, 11) is 0. The molecule has 44 heavy (non-hydrogen) atoms. The van der Waals surface area contributed by atoms with E-state index in [9.17, 15) is 9.59 Å². The van der Waals surface area contributed by atoms with Crippen molar-refractivity contribution >= 4 is 30.1 Å². The van der Waals surface area contributed by atoms with Gasteiger partial charge in [-0.3, -0.25) is 14.6 Å². The van der Waals surface area contributed by atoms with Crippen molar-refractivity contribution < 1.29 is 9.59 Å². The molecule has 0 saturated carbocycles. The second-order valence-electron chi connectivity index (χ2n) is 13.1. The Bertz CT molecular complexity index is 655. The second kappa shape index (κ2) is 36.2. The number of aliphatic imine (C=N–C) groups is 1. The van der Waals surface area contributed by atoms with Gasteiger partial charge in [0.05, 0.1) is 0 Å². The number of nitrogens with two attached hydrogens (primary N) is 2. The number of carbonyl (C=O) groups is 2. The third-order valence-corrected chi connectivity index (χ3v) is 8.74. The summed E-state index contributed by atoms with van der Waals surface area (Å²) < 4.78 is 0. The van der Waals surface area contributed by atoms with Crippen LogP contribution >= 0.6 is 12.4 Å². The lowest BCUT2D eigenvalue weighted by Crippen LogP contribution is -2.33. The topological polar surface area (TPSA) is 111 Å². The number of guanidine groups is 1. The molecule has 5 N–H and O–H groups in total. The van der Waals surface area contributed by atoms with E-state index in [1.807, 2.05) is 0 Å². The maximum Gasteiger partial charge on any atom is 0.223 e. The van der Waals surface area contributed by atoms with Crippen molar-refractivity contribution in [2.75, 3.05) is 13.1 Å². The van der Waals surface area contributed by atoms with E-state index in [2.05, 4.69) is 24.2 Å². The van der Waals surface area contributed by atoms with Gasteiger partial charge in [0.15, 0.2) is 5.96 Å². The molecule has 0 unspecified atom stereocenters. The Morgan fingerprint density at radius 2 is 0.955 bits per heavy atom. The molecule has 0 aliphatic carbocycles. The van der Waals surface area contributed by atoms with Crippen molar-refractivity contribution in [1.82, 2.24) is 5.32 Å². The number of hydrogen-bond acceptors (Lipinski definition) is 3. The first-order valence-electron chi connectivity index (χ1n) is 18.9. The molecule has 7 heteroatoms. The molecule has 0 bridgehead atoms. The summed E-state index contributed by atoms with van der Waals surface area (Å²) in [6.07, 6.45) is 34.8. The number of rotatable bonds is 34. The highest BCUT2D eigenvalue weighted by Crippen LogP contribution is 2.17. The molecule has 6 nitrogen and oxygen atoms in total. The Morgan fingerprint density at radius 1 is 0.568 bits per heavy atom. The lowest BCUT2D eigenvalue weighted by atomic mass is 9.93. The molecule has 0 spiro atoms. The molecular weight excluding hydrogens is 568 g/mol. The maximum absolute atomic E-state index is 12.9. The maximum atomic E-state index is 12.9. The molecule has 0 aromatic rings. The van der Waals surface area contributed by atoms with Crippen molar-refractivity contribution in [2.24, 2.45) is 22.4 Å². The van der Waals surface area contributed by atoms with E-state index in [1.54, 1.807) is 0 Å². The van der Waals surface area contributed by atoms with Crippen LogP contribution in [0.25, 0.3) is 0 Å². The quantitative estimate of drug-likeness (QED) is 0.0368. The molecule has 262 valence electrons. The van der Waals surface area contributed by atoms with Gasteiger partial charge in [-0.1, -0.05) is 162 Å². The van der Waals surface area contributed by atoms with E-state index >= 15 is 0 Å². The third kappa shape index (κ3) is 33.6. The molecular formula is C37H75ClN4O2. The Hall–Kier alpha value is -1.30. The van der Waals surface area contributed by atoms with Gasteiger partial charge in [-0.15, -0.1) is 12.4 Å².